The van der Waals surface area contributed by atoms with Crippen LogP contribution in [-0.4, -0.2) is 23.9 Å². The number of carbonyl (C=O) groups is 1. The van der Waals surface area contributed by atoms with Crippen molar-refractivity contribution < 1.29 is 4.79 Å². The van der Waals surface area contributed by atoms with Crippen LogP contribution < -0.4 is 5.73 Å². The van der Waals surface area contributed by atoms with Crippen LogP contribution in [0.2, 0.25) is 0 Å². The summed E-state index contributed by atoms with van der Waals surface area (Å²) in [5, 5.41) is 0. The molecular weight excluding hydrogens is 200 g/mol. The van der Waals surface area contributed by atoms with Crippen LogP contribution in [0.4, 0.5) is 0 Å². The van der Waals surface area contributed by atoms with Gasteiger partial charge in [-0.15, -0.1) is 0 Å². The Kier molecular flexibility index (Phi) is 4.50. The zero-order valence-electron chi connectivity index (χ0n) is 10.2. The number of aryl methyl sites for hydroxylation is 1. The van der Waals surface area contributed by atoms with Crippen molar-refractivity contribution in [2.75, 3.05) is 7.05 Å². The first-order valence-corrected chi connectivity index (χ1v) is 5.62. The number of hydrogen-bond acceptors (Lipinski definition) is 2. The fourth-order valence-electron chi connectivity index (χ4n) is 1.52. The normalized spacial score (nSPS) is 12.8. The Hall–Kier alpha value is -1.35. The molecule has 0 spiro atoms. The van der Waals surface area contributed by atoms with Crippen LogP contribution in [0, 0.1) is 0 Å². The summed E-state index contributed by atoms with van der Waals surface area (Å²) in [6, 6.07) is 8.22. The van der Waals surface area contributed by atoms with Crippen LogP contribution in [0.5, 0.6) is 0 Å². The maximum Gasteiger partial charge on any atom is 0.234 e. The highest BCUT2D eigenvalue weighted by molar-refractivity contribution is 5.79. The molecule has 0 unspecified atom stereocenters. The molecule has 0 aromatic heterocycles. The van der Waals surface area contributed by atoms with Gasteiger partial charge in [-0.2, -0.15) is 0 Å². The molecule has 1 aromatic carbocycles. The minimum Gasteiger partial charge on any atom is -0.368 e. The minimum atomic E-state index is -0.285. The molecular formula is C13H20N2O. The number of likely N-dealkylation sites (N-methyl/N-ethyl adjacent to an activating group) is 1. The van der Waals surface area contributed by atoms with E-state index in [4.69, 9.17) is 5.73 Å². The van der Waals surface area contributed by atoms with Gasteiger partial charge in [-0.05, 0) is 31.5 Å². The van der Waals surface area contributed by atoms with E-state index in [2.05, 4.69) is 31.2 Å². The smallest absolute Gasteiger partial charge is 0.234 e. The molecule has 0 aliphatic rings. The molecule has 3 nitrogen and oxygen atoms in total. The summed E-state index contributed by atoms with van der Waals surface area (Å²) in [6.45, 7) is 4.70. The number of carbonyl (C=O) groups excluding carboxylic acids is 1. The number of nitrogens with two attached hydrogens (primary N) is 1. The Morgan fingerprint density at radius 3 is 2.25 bits per heavy atom. The molecule has 88 valence electrons. The molecule has 0 fully saturated rings. The summed E-state index contributed by atoms with van der Waals surface area (Å²) in [4.78, 5) is 13.0. The van der Waals surface area contributed by atoms with Gasteiger partial charge in [-0.1, -0.05) is 31.2 Å². The average Bonchev–Trinajstić information content (AvgIpc) is 2.28. The maximum atomic E-state index is 11.0. The molecule has 0 saturated carbocycles. The Balaban J connectivity index is 2.62. The van der Waals surface area contributed by atoms with Crippen LogP contribution in [0.25, 0.3) is 0 Å². The minimum absolute atomic E-state index is 0.231. The number of hydrogen-bond donors (Lipinski definition) is 1. The van der Waals surface area contributed by atoms with Crippen LogP contribution in [0.3, 0.4) is 0 Å². The Bertz CT molecular complexity index is 345. The van der Waals surface area contributed by atoms with Crippen LogP contribution in [0.15, 0.2) is 24.3 Å². The van der Waals surface area contributed by atoms with Crippen molar-refractivity contribution >= 4 is 5.91 Å². The molecule has 0 aliphatic heterocycles. The Morgan fingerprint density at radius 2 is 1.81 bits per heavy atom. The number of amides is 1. The van der Waals surface area contributed by atoms with Gasteiger partial charge < -0.3 is 5.73 Å². The van der Waals surface area contributed by atoms with Gasteiger partial charge in [0.1, 0.15) is 0 Å². The summed E-state index contributed by atoms with van der Waals surface area (Å²) in [5.74, 6) is -0.285. The molecule has 0 heterocycles. The van der Waals surface area contributed by atoms with Crippen molar-refractivity contribution in [1.29, 1.82) is 0 Å². The Morgan fingerprint density at radius 1 is 1.31 bits per heavy atom. The number of nitrogens with zero attached hydrogens (tertiary/aromatic N) is 1. The van der Waals surface area contributed by atoms with Crippen molar-refractivity contribution in [3.8, 4) is 0 Å². The van der Waals surface area contributed by atoms with E-state index in [9.17, 15) is 4.79 Å². The van der Waals surface area contributed by atoms with Crippen molar-refractivity contribution in [3.05, 3.63) is 35.4 Å². The average molecular weight is 220 g/mol. The SMILES string of the molecule is CCc1ccc(CN(C)[C@@H](C)C(N)=O)cc1. The van der Waals surface area contributed by atoms with Gasteiger partial charge in [0.15, 0.2) is 0 Å². The van der Waals surface area contributed by atoms with Crippen LogP contribution in [0.1, 0.15) is 25.0 Å². The van der Waals surface area contributed by atoms with Crippen LogP contribution in [-0.2, 0) is 17.8 Å². The third-order valence-corrected chi connectivity index (χ3v) is 2.94. The maximum absolute atomic E-state index is 11.0. The largest absolute Gasteiger partial charge is 0.368 e. The second-order valence-electron chi connectivity index (χ2n) is 4.16. The van der Waals surface area contributed by atoms with Crippen molar-refractivity contribution in [1.82, 2.24) is 4.90 Å². The summed E-state index contributed by atoms with van der Waals surface area (Å²) in [7, 11) is 1.91. The highest BCUT2D eigenvalue weighted by atomic mass is 16.1. The van der Waals surface area contributed by atoms with Gasteiger partial charge in [0, 0.05) is 6.54 Å². The van der Waals surface area contributed by atoms with E-state index < -0.39 is 0 Å². The molecule has 0 saturated heterocycles. The first-order valence-electron chi connectivity index (χ1n) is 5.62. The lowest BCUT2D eigenvalue weighted by Gasteiger charge is -2.21. The number of primary amides is 1. The van der Waals surface area contributed by atoms with E-state index in [0.29, 0.717) is 0 Å². The standard InChI is InChI=1S/C13H20N2O/c1-4-11-5-7-12(8-6-11)9-15(3)10(2)13(14)16/h5-8,10H,4,9H2,1-3H3,(H2,14,16)/t10-/m0/s1. The number of benzene rings is 1. The summed E-state index contributed by atoms with van der Waals surface area (Å²) in [5.41, 5.74) is 7.79. The summed E-state index contributed by atoms with van der Waals surface area (Å²) >= 11 is 0. The fourth-order valence-corrected chi connectivity index (χ4v) is 1.52. The van der Waals surface area contributed by atoms with E-state index in [1.54, 1.807) is 0 Å². The van der Waals surface area contributed by atoms with Gasteiger partial charge in [-0.3, -0.25) is 9.69 Å². The van der Waals surface area contributed by atoms with Crippen LogP contribution >= 0.6 is 0 Å². The monoisotopic (exact) mass is 220 g/mol. The second-order valence-corrected chi connectivity index (χ2v) is 4.16. The lowest BCUT2D eigenvalue weighted by atomic mass is 10.1. The zero-order valence-corrected chi connectivity index (χ0v) is 10.2. The van der Waals surface area contributed by atoms with Crippen molar-refractivity contribution in [2.45, 2.75) is 32.9 Å². The molecule has 1 rings (SSSR count). The second kappa shape index (κ2) is 5.66. The van der Waals surface area contributed by atoms with E-state index >= 15 is 0 Å². The predicted octanol–water partition coefficient (Wildman–Crippen LogP) is 1.55. The summed E-state index contributed by atoms with van der Waals surface area (Å²) < 4.78 is 0. The molecule has 1 amide bonds. The Labute approximate surface area is 97.2 Å². The molecule has 0 radical (unpaired) electrons. The molecule has 0 bridgehead atoms. The van der Waals surface area contributed by atoms with E-state index in [1.807, 2.05) is 18.9 Å². The van der Waals surface area contributed by atoms with Gasteiger partial charge >= 0.3 is 0 Å². The van der Waals surface area contributed by atoms with Gasteiger partial charge in [0.05, 0.1) is 6.04 Å². The molecule has 3 heteroatoms. The van der Waals surface area contributed by atoms with Crippen molar-refractivity contribution in [2.24, 2.45) is 5.73 Å². The topological polar surface area (TPSA) is 46.3 Å². The van der Waals surface area contributed by atoms with Gasteiger partial charge in [-0.25, -0.2) is 0 Å². The summed E-state index contributed by atoms with van der Waals surface area (Å²) in [6.07, 6.45) is 1.05. The molecule has 1 atom stereocenters. The van der Waals surface area contributed by atoms with Crippen molar-refractivity contribution in [3.63, 3.8) is 0 Å². The fraction of sp³-hybridized carbons (Fsp3) is 0.462. The molecule has 0 aliphatic carbocycles. The molecule has 1 aromatic rings. The van der Waals surface area contributed by atoms with E-state index in [-0.39, 0.29) is 11.9 Å². The lowest BCUT2D eigenvalue weighted by Crippen LogP contribution is -2.39. The van der Waals surface area contributed by atoms with Gasteiger partial charge in [0.25, 0.3) is 0 Å². The third-order valence-electron chi connectivity index (χ3n) is 2.94. The van der Waals surface area contributed by atoms with E-state index in [1.165, 1.54) is 11.1 Å². The quantitative estimate of drug-likeness (QED) is 0.818. The lowest BCUT2D eigenvalue weighted by molar-refractivity contribution is -0.122. The zero-order chi connectivity index (χ0) is 12.1. The molecule has 2 N–H and O–H groups in total. The number of rotatable bonds is 5. The highest BCUT2D eigenvalue weighted by Crippen LogP contribution is 2.08. The predicted molar refractivity (Wildman–Crippen MR) is 65.9 cm³/mol. The highest BCUT2D eigenvalue weighted by Gasteiger charge is 2.14. The first kappa shape index (κ1) is 12.7. The molecule has 16 heavy (non-hydrogen) atoms. The first-order chi connectivity index (χ1) is 7.54. The third kappa shape index (κ3) is 3.35. The van der Waals surface area contributed by atoms with E-state index in [0.717, 1.165) is 13.0 Å². The van der Waals surface area contributed by atoms with Gasteiger partial charge in [0.2, 0.25) is 5.91 Å².